The molecule has 2 aromatic carbocycles. The van der Waals surface area contributed by atoms with E-state index >= 15 is 0 Å². The maximum atomic E-state index is 9.12. The number of benzene rings is 2. The molecule has 0 unspecified atom stereocenters. The van der Waals surface area contributed by atoms with Crippen molar-refractivity contribution < 1.29 is 5.11 Å². The number of hydrogen-bond donors (Lipinski definition) is 3. The van der Waals surface area contributed by atoms with Crippen molar-refractivity contribution in [1.29, 1.82) is 0 Å². The fraction of sp³-hybridized carbons (Fsp3) is 0.143. The van der Waals surface area contributed by atoms with E-state index in [0.717, 1.165) is 17.8 Å². The number of nitrogens with one attached hydrogen (secondary N) is 1. The monoisotopic (exact) mass is 228 g/mol. The molecule has 0 radical (unpaired) electrons. The Kier molecular flexibility index (Phi) is 3.62. The Bertz CT molecular complexity index is 483. The first-order chi connectivity index (χ1) is 8.31. The Morgan fingerprint density at radius 2 is 1.76 bits per heavy atom. The molecule has 0 bridgehead atoms. The lowest BCUT2D eigenvalue weighted by Crippen LogP contribution is -2.04. The summed E-state index contributed by atoms with van der Waals surface area (Å²) < 4.78 is 0. The van der Waals surface area contributed by atoms with Crippen molar-refractivity contribution in [3.8, 4) is 0 Å². The molecule has 0 aliphatic rings. The Labute approximate surface area is 101 Å². The first kappa shape index (κ1) is 11.5. The van der Waals surface area contributed by atoms with Gasteiger partial charge in [-0.25, -0.2) is 0 Å². The highest BCUT2D eigenvalue weighted by Gasteiger charge is 2.03. The highest BCUT2D eigenvalue weighted by atomic mass is 16.3. The molecule has 3 heteroatoms. The molecule has 0 aliphatic carbocycles. The fourth-order valence-electron chi connectivity index (χ4n) is 1.70. The molecule has 0 heterocycles. The van der Waals surface area contributed by atoms with E-state index in [1.54, 1.807) is 0 Å². The van der Waals surface area contributed by atoms with Gasteiger partial charge < -0.3 is 16.2 Å². The number of hydrogen-bond acceptors (Lipinski definition) is 3. The minimum atomic E-state index is -0.0350. The van der Waals surface area contributed by atoms with Crippen LogP contribution in [-0.2, 0) is 13.2 Å². The van der Waals surface area contributed by atoms with E-state index in [-0.39, 0.29) is 6.61 Å². The molecule has 0 atom stereocenters. The van der Waals surface area contributed by atoms with Crippen molar-refractivity contribution in [2.75, 3.05) is 11.1 Å². The van der Waals surface area contributed by atoms with Crippen molar-refractivity contribution in [1.82, 2.24) is 0 Å². The summed E-state index contributed by atoms with van der Waals surface area (Å²) in [6.07, 6.45) is 0. The summed E-state index contributed by atoms with van der Waals surface area (Å²) in [5, 5.41) is 12.4. The van der Waals surface area contributed by atoms with Gasteiger partial charge in [0.1, 0.15) is 0 Å². The highest BCUT2D eigenvalue weighted by molar-refractivity contribution is 5.69. The second kappa shape index (κ2) is 5.37. The van der Waals surface area contributed by atoms with E-state index in [0.29, 0.717) is 5.69 Å². The maximum absolute atomic E-state index is 9.12. The molecule has 0 fully saturated rings. The second-order valence-electron chi connectivity index (χ2n) is 3.88. The number of anilines is 2. The van der Waals surface area contributed by atoms with Gasteiger partial charge >= 0.3 is 0 Å². The predicted octanol–water partition coefficient (Wildman–Crippen LogP) is 2.37. The number of nitrogen functional groups attached to an aromatic ring is 1. The third-order valence-electron chi connectivity index (χ3n) is 2.69. The topological polar surface area (TPSA) is 58.3 Å². The van der Waals surface area contributed by atoms with Crippen LogP contribution in [0.3, 0.4) is 0 Å². The zero-order valence-corrected chi connectivity index (χ0v) is 9.56. The SMILES string of the molecule is Nc1c(CO)cccc1NCc1ccccc1. The molecule has 2 aromatic rings. The van der Waals surface area contributed by atoms with Crippen molar-refractivity contribution in [3.05, 3.63) is 59.7 Å². The zero-order valence-electron chi connectivity index (χ0n) is 9.56. The molecule has 2 rings (SSSR count). The molecular weight excluding hydrogens is 212 g/mol. The summed E-state index contributed by atoms with van der Waals surface area (Å²) in [7, 11) is 0. The summed E-state index contributed by atoms with van der Waals surface area (Å²) in [5.41, 5.74) is 9.36. The third-order valence-corrected chi connectivity index (χ3v) is 2.69. The minimum absolute atomic E-state index is 0.0350. The second-order valence-corrected chi connectivity index (χ2v) is 3.88. The van der Waals surface area contributed by atoms with Crippen LogP contribution in [0, 0.1) is 0 Å². The minimum Gasteiger partial charge on any atom is -0.397 e. The predicted molar refractivity (Wildman–Crippen MR) is 70.5 cm³/mol. The Morgan fingerprint density at radius 3 is 2.47 bits per heavy atom. The average molecular weight is 228 g/mol. The third kappa shape index (κ3) is 2.77. The standard InChI is InChI=1S/C14H16N2O/c15-14-12(10-17)7-4-8-13(14)16-9-11-5-2-1-3-6-11/h1-8,16-17H,9-10,15H2. The Morgan fingerprint density at radius 1 is 1.00 bits per heavy atom. The van der Waals surface area contributed by atoms with Crippen LogP contribution in [0.15, 0.2) is 48.5 Å². The van der Waals surface area contributed by atoms with Crippen LogP contribution in [0.2, 0.25) is 0 Å². The molecule has 0 spiro atoms. The number of aliphatic hydroxyl groups excluding tert-OH is 1. The van der Waals surface area contributed by atoms with E-state index in [9.17, 15) is 0 Å². The summed E-state index contributed by atoms with van der Waals surface area (Å²) in [6.45, 7) is 0.687. The van der Waals surface area contributed by atoms with Gasteiger partial charge in [0.15, 0.2) is 0 Å². The molecular formula is C14H16N2O. The summed E-state index contributed by atoms with van der Waals surface area (Å²) in [4.78, 5) is 0. The maximum Gasteiger partial charge on any atom is 0.0702 e. The molecule has 17 heavy (non-hydrogen) atoms. The number of para-hydroxylation sites is 1. The van der Waals surface area contributed by atoms with Gasteiger partial charge in [-0.15, -0.1) is 0 Å². The zero-order chi connectivity index (χ0) is 12.1. The number of nitrogens with two attached hydrogens (primary N) is 1. The molecule has 0 saturated heterocycles. The van der Waals surface area contributed by atoms with Crippen LogP contribution in [0.25, 0.3) is 0 Å². The van der Waals surface area contributed by atoms with Gasteiger partial charge in [0.05, 0.1) is 18.0 Å². The van der Waals surface area contributed by atoms with E-state index in [2.05, 4.69) is 17.4 Å². The number of rotatable bonds is 4. The molecule has 0 amide bonds. The summed E-state index contributed by atoms with van der Waals surface area (Å²) >= 11 is 0. The van der Waals surface area contributed by atoms with E-state index in [4.69, 9.17) is 10.8 Å². The normalized spacial score (nSPS) is 10.2. The number of aliphatic hydroxyl groups is 1. The fourth-order valence-corrected chi connectivity index (χ4v) is 1.70. The van der Waals surface area contributed by atoms with Crippen molar-refractivity contribution in [2.24, 2.45) is 0 Å². The van der Waals surface area contributed by atoms with Crippen LogP contribution in [-0.4, -0.2) is 5.11 Å². The highest BCUT2D eigenvalue weighted by Crippen LogP contribution is 2.23. The van der Waals surface area contributed by atoms with Crippen LogP contribution in [0.4, 0.5) is 11.4 Å². The molecule has 0 saturated carbocycles. The van der Waals surface area contributed by atoms with Gasteiger partial charge in [-0.3, -0.25) is 0 Å². The Hall–Kier alpha value is -2.00. The van der Waals surface area contributed by atoms with Gasteiger partial charge in [0, 0.05) is 12.1 Å². The van der Waals surface area contributed by atoms with Gasteiger partial charge in [0.2, 0.25) is 0 Å². The largest absolute Gasteiger partial charge is 0.397 e. The lowest BCUT2D eigenvalue weighted by molar-refractivity contribution is 0.282. The van der Waals surface area contributed by atoms with E-state index in [1.807, 2.05) is 36.4 Å². The molecule has 4 N–H and O–H groups in total. The summed E-state index contributed by atoms with van der Waals surface area (Å²) in [5.74, 6) is 0. The van der Waals surface area contributed by atoms with E-state index < -0.39 is 0 Å². The van der Waals surface area contributed by atoms with Gasteiger partial charge in [-0.2, -0.15) is 0 Å². The van der Waals surface area contributed by atoms with E-state index in [1.165, 1.54) is 5.56 Å². The van der Waals surface area contributed by atoms with Crippen molar-refractivity contribution >= 4 is 11.4 Å². The smallest absolute Gasteiger partial charge is 0.0702 e. The van der Waals surface area contributed by atoms with Gasteiger partial charge in [-0.1, -0.05) is 42.5 Å². The summed E-state index contributed by atoms with van der Waals surface area (Å²) in [6, 6.07) is 15.7. The van der Waals surface area contributed by atoms with Crippen LogP contribution in [0.1, 0.15) is 11.1 Å². The average Bonchev–Trinajstić information content (AvgIpc) is 2.39. The van der Waals surface area contributed by atoms with Crippen molar-refractivity contribution in [2.45, 2.75) is 13.2 Å². The van der Waals surface area contributed by atoms with Crippen molar-refractivity contribution in [3.63, 3.8) is 0 Å². The molecule has 0 aromatic heterocycles. The lowest BCUT2D eigenvalue weighted by Gasteiger charge is -2.11. The van der Waals surface area contributed by atoms with Gasteiger partial charge in [0.25, 0.3) is 0 Å². The first-order valence-electron chi connectivity index (χ1n) is 5.57. The van der Waals surface area contributed by atoms with Crippen LogP contribution < -0.4 is 11.1 Å². The lowest BCUT2D eigenvalue weighted by atomic mass is 10.1. The van der Waals surface area contributed by atoms with Crippen LogP contribution >= 0.6 is 0 Å². The first-order valence-corrected chi connectivity index (χ1v) is 5.57. The van der Waals surface area contributed by atoms with Gasteiger partial charge in [-0.05, 0) is 11.6 Å². The molecule has 88 valence electrons. The molecule has 0 aliphatic heterocycles. The van der Waals surface area contributed by atoms with Crippen LogP contribution in [0.5, 0.6) is 0 Å². The quantitative estimate of drug-likeness (QED) is 0.704. The Balaban J connectivity index is 2.09. The molecule has 3 nitrogen and oxygen atoms in total.